The number of aromatic nitrogens is 3. The maximum absolute atomic E-state index is 10.1. The minimum Gasteiger partial charge on any atom is -0.252 e. The number of rotatable bonds is 5. The van der Waals surface area contributed by atoms with E-state index in [9.17, 15) is 5.26 Å². The van der Waals surface area contributed by atoms with Crippen molar-refractivity contribution < 1.29 is 0 Å². The lowest BCUT2D eigenvalue weighted by Gasteiger charge is -2.27. The van der Waals surface area contributed by atoms with Gasteiger partial charge in [-0.3, -0.25) is 4.68 Å². The molecular formula is C19H15N5. The van der Waals surface area contributed by atoms with Crippen LogP contribution in [-0.4, -0.2) is 14.8 Å². The van der Waals surface area contributed by atoms with Crippen molar-refractivity contribution in [3.05, 3.63) is 83.9 Å². The Hall–Kier alpha value is -3.44. The highest BCUT2D eigenvalue weighted by Crippen LogP contribution is 2.35. The first-order valence-corrected chi connectivity index (χ1v) is 7.60. The predicted octanol–water partition coefficient (Wildman–Crippen LogP) is 3.05. The van der Waals surface area contributed by atoms with Gasteiger partial charge < -0.3 is 0 Å². The number of nitriles is 2. The maximum Gasteiger partial charge on any atom is 0.252 e. The molecule has 0 amide bonds. The summed E-state index contributed by atoms with van der Waals surface area (Å²) in [5.74, 6) is 0.136. The van der Waals surface area contributed by atoms with Gasteiger partial charge in [0.15, 0.2) is 0 Å². The fourth-order valence-corrected chi connectivity index (χ4v) is 2.82. The van der Waals surface area contributed by atoms with Crippen molar-refractivity contribution in [3.63, 3.8) is 0 Å². The summed E-state index contributed by atoms with van der Waals surface area (Å²) in [6, 6.07) is 23.9. The van der Waals surface area contributed by atoms with Crippen LogP contribution in [0.4, 0.5) is 0 Å². The lowest BCUT2D eigenvalue weighted by Crippen LogP contribution is -2.27. The van der Waals surface area contributed by atoms with E-state index in [2.05, 4.69) is 16.2 Å². The summed E-state index contributed by atoms with van der Waals surface area (Å²) in [5, 5.41) is 23.0. The second-order valence-electron chi connectivity index (χ2n) is 5.44. The minimum atomic E-state index is -0.777. The van der Waals surface area contributed by atoms with Crippen LogP contribution in [0.25, 0.3) is 0 Å². The van der Waals surface area contributed by atoms with Crippen LogP contribution in [0, 0.1) is 22.7 Å². The van der Waals surface area contributed by atoms with Crippen LogP contribution in [0.3, 0.4) is 0 Å². The Morgan fingerprint density at radius 1 is 0.917 bits per heavy atom. The molecule has 0 bridgehead atoms. The summed E-state index contributed by atoms with van der Waals surface area (Å²) in [6.45, 7) is 0.492. The summed E-state index contributed by atoms with van der Waals surface area (Å²) < 4.78 is 1.61. The largest absolute Gasteiger partial charge is 0.252 e. The number of benzene rings is 2. The molecule has 3 rings (SSSR count). The Morgan fingerprint density at radius 3 is 1.96 bits per heavy atom. The fourth-order valence-electron chi connectivity index (χ4n) is 2.82. The highest BCUT2D eigenvalue weighted by atomic mass is 15.3. The van der Waals surface area contributed by atoms with Gasteiger partial charge in [-0.15, -0.1) is 5.10 Å². The molecule has 0 aliphatic heterocycles. The summed E-state index contributed by atoms with van der Waals surface area (Å²) >= 11 is 0. The van der Waals surface area contributed by atoms with Gasteiger partial charge in [0.05, 0.1) is 6.07 Å². The number of hydrogen-bond donors (Lipinski definition) is 0. The molecule has 5 heteroatoms. The quantitative estimate of drug-likeness (QED) is 0.725. The monoisotopic (exact) mass is 313 g/mol. The topological polar surface area (TPSA) is 78.3 Å². The molecule has 3 aromatic rings. The first kappa shape index (κ1) is 15.5. The molecule has 5 nitrogen and oxygen atoms in total. The zero-order valence-corrected chi connectivity index (χ0v) is 13.0. The van der Waals surface area contributed by atoms with Gasteiger partial charge in [-0.05, 0) is 17.5 Å². The number of hydrogen-bond acceptors (Lipinski definition) is 4. The third-order valence-electron chi connectivity index (χ3n) is 4.08. The molecule has 2 aromatic carbocycles. The number of aryl methyl sites for hydroxylation is 1. The molecule has 0 fully saturated rings. The van der Waals surface area contributed by atoms with E-state index < -0.39 is 5.41 Å². The smallest absolute Gasteiger partial charge is 0.252 e. The van der Waals surface area contributed by atoms with Crippen LogP contribution >= 0.6 is 0 Å². The van der Waals surface area contributed by atoms with Crippen molar-refractivity contribution in [1.82, 2.24) is 14.8 Å². The van der Waals surface area contributed by atoms with E-state index >= 15 is 0 Å². The Balaban J connectivity index is 1.99. The van der Waals surface area contributed by atoms with E-state index in [1.165, 1.54) is 6.33 Å². The first-order chi connectivity index (χ1) is 11.8. The second kappa shape index (κ2) is 6.76. The summed E-state index contributed by atoms with van der Waals surface area (Å²) in [4.78, 5) is 3.91. The molecule has 0 spiro atoms. The van der Waals surface area contributed by atoms with Crippen molar-refractivity contribution in [2.24, 2.45) is 0 Å². The Kier molecular flexibility index (Phi) is 4.36. The third kappa shape index (κ3) is 2.88. The van der Waals surface area contributed by atoms with Crippen LogP contribution in [0.5, 0.6) is 0 Å². The van der Waals surface area contributed by atoms with Crippen molar-refractivity contribution in [3.8, 4) is 12.1 Å². The Morgan fingerprint density at radius 2 is 1.50 bits per heavy atom. The van der Waals surface area contributed by atoms with Crippen LogP contribution in [-0.2, 0) is 12.0 Å². The normalized spacial score (nSPS) is 10.8. The zero-order valence-electron chi connectivity index (χ0n) is 13.0. The third-order valence-corrected chi connectivity index (χ3v) is 4.08. The molecule has 0 atom stereocenters. The van der Waals surface area contributed by atoms with Crippen molar-refractivity contribution in [1.29, 1.82) is 10.5 Å². The standard InChI is InChI=1S/C19H15N5/c20-13-18-22-15-24(23-18)12-11-19(14-21,16-7-3-1-4-8-16)17-9-5-2-6-10-17/h1-10,15H,11-12H2. The van der Waals surface area contributed by atoms with Crippen LogP contribution < -0.4 is 0 Å². The van der Waals surface area contributed by atoms with Gasteiger partial charge in [-0.1, -0.05) is 60.7 Å². The molecule has 1 aromatic heterocycles. The van der Waals surface area contributed by atoms with Gasteiger partial charge in [0, 0.05) is 6.54 Å². The van der Waals surface area contributed by atoms with Gasteiger partial charge in [0.2, 0.25) is 0 Å². The maximum atomic E-state index is 10.1. The molecule has 0 aliphatic carbocycles. The predicted molar refractivity (Wildman–Crippen MR) is 88.6 cm³/mol. The van der Waals surface area contributed by atoms with E-state index in [1.807, 2.05) is 66.7 Å². The van der Waals surface area contributed by atoms with Gasteiger partial charge in [0.25, 0.3) is 5.82 Å². The molecule has 116 valence electrons. The van der Waals surface area contributed by atoms with Gasteiger partial charge in [-0.2, -0.15) is 10.5 Å². The van der Waals surface area contributed by atoms with Gasteiger partial charge in [0.1, 0.15) is 17.8 Å². The fraction of sp³-hybridized carbons (Fsp3) is 0.158. The summed E-state index contributed by atoms with van der Waals surface area (Å²) in [7, 11) is 0. The molecule has 0 N–H and O–H groups in total. The summed E-state index contributed by atoms with van der Waals surface area (Å²) in [5.41, 5.74) is 1.11. The average Bonchev–Trinajstić information content (AvgIpc) is 3.13. The Labute approximate surface area is 140 Å². The van der Waals surface area contributed by atoms with Gasteiger partial charge in [-0.25, -0.2) is 4.98 Å². The molecular weight excluding hydrogens is 298 g/mol. The second-order valence-corrected chi connectivity index (χ2v) is 5.44. The lowest BCUT2D eigenvalue weighted by atomic mass is 9.73. The van der Waals surface area contributed by atoms with Crippen LogP contribution in [0.2, 0.25) is 0 Å². The SMILES string of the molecule is N#Cc1ncn(CCC(C#N)(c2ccccc2)c2ccccc2)n1. The average molecular weight is 313 g/mol. The van der Waals surface area contributed by atoms with E-state index in [4.69, 9.17) is 5.26 Å². The molecule has 0 unspecified atom stereocenters. The van der Waals surface area contributed by atoms with Crippen molar-refractivity contribution in [2.45, 2.75) is 18.4 Å². The molecule has 0 saturated heterocycles. The Bertz CT molecular complexity index is 845. The zero-order chi connectivity index (χ0) is 16.8. The molecule has 0 radical (unpaired) electrons. The van der Waals surface area contributed by atoms with Crippen molar-refractivity contribution >= 4 is 0 Å². The summed E-state index contributed by atoms with van der Waals surface area (Å²) in [6.07, 6.45) is 2.06. The van der Waals surface area contributed by atoms with E-state index in [-0.39, 0.29) is 5.82 Å². The van der Waals surface area contributed by atoms with Crippen LogP contribution in [0.1, 0.15) is 23.4 Å². The molecule has 0 aliphatic rings. The molecule has 24 heavy (non-hydrogen) atoms. The minimum absolute atomic E-state index is 0.136. The van der Waals surface area contributed by atoms with E-state index in [1.54, 1.807) is 4.68 Å². The van der Waals surface area contributed by atoms with E-state index in [0.717, 1.165) is 11.1 Å². The van der Waals surface area contributed by atoms with E-state index in [0.29, 0.717) is 13.0 Å². The highest BCUT2D eigenvalue weighted by molar-refractivity contribution is 5.45. The lowest BCUT2D eigenvalue weighted by molar-refractivity contribution is 0.490. The van der Waals surface area contributed by atoms with Gasteiger partial charge >= 0.3 is 0 Å². The first-order valence-electron chi connectivity index (χ1n) is 7.60. The van der Waals surface area contributed by atoms with Crippen LogP contribution in [0.15, 0.2) is 67.0 Å². The van der Waals surface area contributed by atoms with Crippen molar-refractivity contribution in [2.75, 3.05) is 0 Å². The number of nitrogens with zero attached hydrogens (tertiary/aromatic N) is 5. The molecule has 1 heterocycles. The molecule has 0 saturated carbocycles. The highest BCUT2D eigenvalue weighted by Gasteiger charge is 2.34.